The van der Waals surface area contributed by atoms with Crippen LogP contribution in [-0.2, 0) is 6.42 Å². The number of fused-ring (bicyclic) bond motifs is 1. The van der Waals surface area contributed by atoms with Crippen molar-refractivity contribution in [1.29, 1.82) is 0 Å². The molecule has 1 atom stereocenters. The van der Waals surface area contributed by atoms with Gasteiger partial charge in [0.1, 0.15) is 29.1 Å². The zero-order valence-electron chi connectivity index (χ0n) is 17.8. The number of carbonyl (C=O) groups is 1. The van der Waals surface area contributed by atoms with Crippen molar-refractivity contribution in [3.63, 3.8) is 0 Å². The number of rotatable bonds is 5. The monoisotopic (exact) mass is 433 g/mol. The van der Waals surface area contributed by atoms with E-state index in [1.165, 1.54) is 12.1 Å². The molecule has 1 saturated heterocycles. The van der Waals surface area contributed by atoms with Crippen molar-refractivity contribution >= 4 is 16.8 Å². The second kappa shape index (κ2) is 8.49. The Labute approximate surface area is 185 Å². The average Bonchev–Trinajstić information content (AvgIpc) is 3.46. The molecule has 0 saturated carbocycles. The molecular formula is C25H24FN3O3. The van der Waals surface area contributed by atoms with Crippen molar-refractivity contribution in [2.75, 3.05) is 13.7 Å². The predicted octanol–water partition coefficient (Wildman–Crippen LogP) is 5.26. The summed E-state index contributed by atoms with van der Waals surface area (Å²) in [6.07, 6.45) is 4.98. The molecule has 2 aromatic heterocycles. The van der Waals surface area contributed by atoms with Crippen molar-refractivity contribution in [3.8, 4) is 5.75 Å². The molecule has 164 valence electrons. The summed E-state index contributed by atoms with van der Waals surface area (Å²) in [5.41, 5.74) is 2.37. The molecule has 4 aromatic rings. The first-order valence-electron chi connectivity index (χ1n) is 10.8. The second-order valence-corrected chi connectivity index (χ2v) is 8.11. The Kier molecular flexibility index (Phi) is 5.39. The number of carbonyl (C=O) groups excluding carboxylic acids is 1. The van der Waals surface area contributed by atoms with Crippen LogP contribution in [0.25, 0.3) is 10.9 Å². The summed E-state index contributed by atoms with van der Waals surface area (Å²) >= 11 is 0. The van der Waals surface area contributed by atoms with Gasteiger partial charge >= 0.3 is 0 Å². The third-order valence-corrected chi connectivity index (χ3v) is 5.97. The molecule has 1 aliphatic heterocycles. The first-order valence-corrected chi connectivity index (χ1v) is 10.8. The maximum atomic E-state index is 13.4. The van der Waals surface area contributed by atoms with Gasteiger partial charge in [0.15, 0.2) is 0 Å². The molecule has 0 spiro atoms. The lowest BCUT2D eigenvalue weighted by Crippen LogP contribution is -2.38. The number of hydrogen-bond acceptors (Lipinski definition) is 4. The first-order chi connectivity index (χ1) is 15.6. The van der Waals surface area contributed by atoms with Gasteiger partial charge in [-0.25, -0.2) is 9.37 Å². The number of aromatic amines is 1. The SMILES string of the molecule is COc1ccc2[nH]c(C(=O)N3CCCC[C@H]3c3ncc(Cc4ccc(F)cc4)o3)cc2c1. The van der Waals surface area contributed by atoms with Crippen LogP contribution in [0.15, 0.2) is 59.1 Å². The summed E-state index contributed by atoms with van der Waals surface area (Å²) in [5.74, 6) is 1.66. The number of nitrogens with one attached hydrogen (secondary N) is 1. The predicted molar refractivity (Wildman–Crippen MR) is 118 cm³/mol. The molecule has 0 aliphatic carbocycles. The molecule has 2 aromatic carbocycles. The van der Waals surface area contributed by atoms with Gasteiger partial charge in [0.25, 0.3) is 5.91 Å². The molecule has 0 radical (unpaired) electrons. The maximum absolute atomic E-state index is 13.4. The Morgan fingerprint density at radius 2 is 2.06 bits per heavy atom. The van der Waals surface area contributed by atoms with E-state index in [4.69, 9.17) is 9.15 Å². The van der Waals surface area contributed by atoms with Crippen LogP contribution in [0.5, 0.6) is 5.75 Å². The van der Waals surface area contributed by atoms with Gasteiger partial charge in [-0.2, -0.15) is 0 Å². The highest BCUT2D eigenvalue weighted by molar-refractivity contribution is 5.98. The van der Waals surface area contributed by atoms with Gasteiger partial charge in [0, 0.05) is 23.9 Å². The first kappa shape index (κ1) is 20.3. The summed E-state index contributed by atoms with van der Waals surface area (Å²) < 4.78 is 24.5. The summed E-state index contributed by atoms with van der Waals surface area (Å²) in [6.45, 7) is 0.651. The van der Waals surface area contributed by atoms with Gasteiger partial charge in [0.2, 0.25) is 5.89 Å². The van der Waals surface area contributed by atoms with Crippen LogP contribution in [0.4, 0.5) is 4.39 Å². The molecule has 0 bridgehead atoms. The number of oxazole rings is 1. The van der Waals surface area contributed by atoms with E-state index in [2.05, 4.69) is 9.97 Å². The normalized spacial score (nSPS) is 16.4. The highest BCUT2D eigenvalue weighted by Gasteiger charge is 2.32. The smallest absolute Gasteiger partial charge is 0.270 e. The van der Waals surface area contributed by atoms with Crippen molar-refractivity contribution in [2.45, 2.75) is 31.7 Å². The van der Waals surface area contributed by atoms with E-state index in [1.54, 1.807) is 25.4 Å². The Morgan fingerprint density at radius 1 is 1.22 bits per heavy atom. The van der Waals surface area contributed by atoms with Gasteiger partial charge in [-0.05, 0) is 61.2 Å². The molecule has 3 heterocycles. The Hall–Kier alpha value is -3.61. The molecule has 0 unspecified atom stereocenters. The lowest BCUT2D eigenvalue weighted by atomic mass is 10.0. The van der Waals surface area contributed by atoms with E-state index in [0.29, 0.717) is 30.3 Å². The zero-order valence-corrected chi connectivity index (χ0v) is 17.8. The van der Waals surface area contributed by atoms with Crippen LogP contribution in [0.3, 0.4) is 0 Å². The van der Waals surface area contributed by atoms with Crippen molar-refractivity contribution in [1.82, 2.24) is 14.9 Å². The van der Waals surface area contributed by atoms with E-state index in [0.717, 1.165) is 41.5 Å². The Bertz CT molecular complexity index is 1250. The number of ether oxygens (including phenoxy) is 1. The molecule has 32 heavy (non-hydrogen) atoms. The molecular weight excluding hydrogens is 409 g/mol. The maximum Gasteiger partial charge on any atom is 0.270 e. The highest BCUT2D eigenvalue weighted by Crippen LogP contribution is 2.33. The van der Waals surface area contributed by atoms with Crippen LogP contribution in [0, 0.1) is 5.82 Å². The number of amides is 1. The number of piperidine rings is 1. The molecule has 6 nitrogen and oxygen atoms in total. The van der Waals surface area contributed by atoms with Gasteiger partial charge < -0.3 is 19.0 Å². The molecule has 1 aliphatic rings. The van der Waals surface area contributed by atoms with E-state index in [1.807, 2.05) is 29.2 Å². The van der Waals surface area contributed by atoms with Crippen molar-refractivity contribution in [2.24, 2.45) is 0 Å². The van der Waals surface area contributed by atoms with Crippen LogP contribution < -0.4 is 4.74 Å². The van der Waals surface area contributed by atoms with Crippen LogP contribution >= 0.6 is 0 Å². The van der Waals surface area contributed by atoms with E-state index in [-0.39, 0.29) is 17.8 Å². The van der Waals surface area contributed by atoms with Crippen LogP contribution in [0.1, 0.15) is 53.0 Å². The lowest BCUT2D eigenvalue weighted by Gasteiger charge is -2.33. The topological polar surface area (TPSA) is 71.4 Å². The number of halogens is 1. The standard InChI is InChI=1S/C25H24FN3O3/c1-31-19-9-10-21-17(13-19)14-22(28-21)25(30)29-11-3-2-4-23(29)24-27-15-20(32-24)12-16-5-7-18(26)8-6-16/h5-10,13-15,23,28H,2-4,11-12H2,1H3/t23-/m0/s1. The Morgan fingerprint density at radius 3 is 2.88 bits per heavy atom. The van der Waals surface area contributed by atoms with Crippen molar-refractivity contribution < 1.29 is 18.3 Å². The fraction of sp³-hybridized carbons (Fsp3) is 0.280. The number of aromatic nitrogens is 2. The number of methoxy groups -OCH3 is 1. The van der Waals surface area contributed by atoms with Gasteiger partial charge in [0.05, 0.1) is 13.3 Å². The van der Waals surface area contributed by atoms with Crippen molar-refractivity contribution in [3.05, 3.63) is 83.5 Å². The average molecular weight is 433 g/mol. The molecule has 1 amide bonds. The minimum absolute atomic E-state index is 0.0665. The minimum atomic E-state index is -0.265. The van der Waals surface area contributed by atoms with E-state index < -0.39 is 0 Å². The number of likely N-dealkylation sites (tertiary alicyclic amines) is 1. The summed E-state index contributed by atoms with van der Waals surface area (Å²) in [7, 11) is 1.62. The van der Waals surface area contributed by atoms with Gasteiger partial charge in [-0.1, -0.05) is 12.1 Å². The molecule has 1 fully saturated rings. The fourth-order valence-corrected chi connectivity index (χ4v) is 4.30. The largest absolute Gasteiger partial charge is 0.497 e. The van der Waals surface area contributed by atoms with Gasteiger partial charge in [-0.15, -0.1) is 0 Å². The van der Waals surface area contributed by atoms with Crippen LogP contribution in [0.2, 0.25) is 0 Å². The summed E-state index contributed by atoms with van der Waals surface area (Å²) in [5, 5.41) is 0.930. The molecule has 1 N–H and O–H groups in total. The molecule has 5 rings (SSSR count). The quantitative estimate of drug-likeness (QED) is 0.466. The minimum Gasteiger partial charge on any atom is -0.497 e. The fourth-order valence-electron chi connectivity index (χ4n) is 4.30. The number of benzene rings is 2. The van der Waals surface area contributed by atoms with E-state index in [9.17, 15) is 9.18 Å². The van der Waals surface area contributed by atoms with Gasteiger partial charge in [-0.3, -0.25) is 4.79 Å². The molecule has 7 heteroatoms. The van der Waals surface area contributed by atoms with E-state index >= 15 is 0 Å². The third-order valence-electron chi connectivity index (χ3n) is 5.97. The number of hydrogen-bond donors (Lipinski definition) is 1. The van der Waals surface area contributed by atoms with Crippen LogP contribution in [-0.4, -0.2) is 34.4 Å². The third kappa shape index (κ3) is 3.98. The highest BCUT2D eigenvalue weighted by atomic mass is 19.1. The Balaban J connectivity index is 1.37. The zero-order chi connectivity index (χ0) is 22.1. The summed E-state index contributed by atoms with van der Waals surface area (Å²) in [6, 6.07) is 13.7. The summed E-state index contributed by atoms with van der Waals surface area (Å²) in [4.78, 5) is 23.0. The number of H-pyrrole nitrogens is 1. The lowest BCUT2D eigenvalue weighted by molar-refractivity contribution is 0.0565. The second-order valence-electron chi connectivity index (χ2n) is 8.11. The number of nitrogens with zero attached hydrogens (tertiary/aromatic N) is 2.